The molecule has 3 atom stereocenters. The predicted molar refractivity (Wildman–Crippen MR) is 144 cm³/mol. The third-order valence-electron chi connectivity index (χ3n) is 7.25. The molecule has 0 amide bonds. The highest BCUT2D eigenvalue weighted by atomic mass is 16.5. The molecule has 1 aliphatic carbocycles. The van der Waals surface area contributed by atoms with Crippen molar-refractivity contribution in [2.45, 2.75) is 31.9 Å². The average Bonchev–Trinajstić information content (AvgIpc) is 3.34. The Labute approximate surface area is 211 Å². The molecule has 0 saturated heterocycles. The van der Waals surface area contributed by atoms with Crippen LogP contribution in [0.1, 0.15) is 18.4 Å². The van der Waals surface area contributed by atoms with Crippen molar-refractivity contribution in [2.75, 3.05) is 25.3 Å². The maximum Gasteiger partial charge on any atom is 0.225 e. The number of quaternary nitrogens is 1. The molecule has 182 valence electrons. The molecule has 2 aromatic carbocycles. The summed E-state index contributed by atoms with van der Waals surface area (Å²) in [5, 5.41) is 3.55. The van der Waals surface area contributed by atoms with Gasteiger partial charge in [-0.2, -0.15) is 0 Å². The molecule has 0 N–H and O–H groups in total. The number of benzene rings is 2. The van der Waals surface area contributed by atoms with Crippen molar-refractivity contribution in [3.63, 3.8) is 0 Å². The summed E-state index contributed by atoms with van der Waals surface area (Å²) in [5.41, 5.74) is 6.35. The summed E-state index contributed by atoms with van der Waals surface area (Å²) in [7, 11) is 1.70. The maximum absolute atomic E-state index is 6.24. The smallest absolute Gasteiger partial charge is 0.225 e. The summed E-state index contributed by atoms with van der Waals surface area (Å²) in [6.07, 6.45) is 11.8. The minimum atomic E-state index is 0.108. The largest absolute Gasteiger partial charge is 0.382 e. The Balaban J connectivity index is 1.45. The van der Waals surface area contributed by atoms with Crippen molar-refractivity contribution < 1.29 is 14.1 Å². The molecule has 0 radical (unpaired) electrons. The predicted octanol–water partition coefficient (Wildman–Crippen LogP) is 5.38. The van der Waals surface area contributed by atoms with Gasteiger partial charge in [-0.25, -0.2) is 15.0 Å². The van der Waals surface area contributed by atoms with Crippen LogP contribution in [0, 0.1) is 6.92 Å². The van der Waals surface area contributed by atoms with Crippen LogP contribution in [0.15, 0.2) is 88.9 Å². The molecule has 1 aromatic heterocycles. The molecule has 7 heteroatoms. The molecule has 1 fully saturated rings. The molecule has 2 aliphatic heterocycles. The highest BCUT2D eigenvalue weighted by Gasteiger charge is 2.50. The number of anilines is 1. The van der Waals surface area contributed by atoms with Gasteiger partial charge in [0.1, 0.15) is 6.04 Å². The number of hydrogen-bond donors (Lipinski definition) is 0. The van der Waals surface area contributed by atoms with Gasteiger partial charge in [-0.1, -0.05) is 36.4 Å². The van der Waals surface area contributed by atoms with Gasteiger partial charge in [-0.3, -0.25) is 4.99 Å². The molecule has 0 bridgehead atoms. The third kappa shape index (κ3) is 3.86. The van der Waals surface area contributed by atoms with E-state index in [2.05, 4.69) is 76.6 Å². The van der Waals surface area contributed by atoms with Crippen LogP contribution < -0.4 is 5.01 Å². The van der Waals surface area contributed by atoms with Crippen LogP contribution in [0.3, 0.4) is 0 Å². The zero-order valence-corrected chi connectivity index (χ0v) is 20.6. The summed E-state index contributed by atoms with van der Waals surface area (Å²) in [4.78, 5) is 14.0. The fraction of sp³-hybridized carbons (Fsp3) is 0.276. The lowest BCUT2D eigenvalue weighted by Gasteiger charge is -2.50. The van der Waals surface area contributed by atoms with Crippen LogP contribution in [0.25, 0.3) is 22.2 Å². The molecule has 3 aliphatic rings. The second-order valence-electron chi connectivity index (χ2n) is 9.42. The quantitative estimate of drug-likeness (QED) is 0.321. The van der Waals surface area contributed by atoms with Gasteiger partial charge in [0.25, 0.3) is 0 Å². The monoisotopic (exact) mass is 480 g/mol. The second kappa shape index (κ2) is 9.43. The van der Waals surface area contributed by atoms with Gasteiger partial charge >= 0.3 is 0 Å². The van der Waals surface area contributed by atoms with Crippen LogP contribution in [0.5, 0.6) is 0 Å². The summed E-state index contributed by atoms with van der Waals surface area (Å²) >= 11 is 0. The fourth-order valence-electron chi connectivity index (χ4n) is 5.26. The van der Waals surface area contributed by atoms with E-state index in [1.807, 2.05) is 31.0 Å². The number of pyridine rings is 1. The average molecular weight is 481 g/mol. The number of methoxy groups -OCH3 is 1. The zero-order chi connectivity index (χ0) is 24.5. The van der Waals surface area contributed by atoms with E-state index in [4.69, 9.17) is 14.5 Å². The number of ether oxygens (including phenoxy) is 2. The van der Waals surface area contributed by atoms with Crippen LogP contribution in [0.2, 0.25) is 0 Å². The summed E-state index contributed by atoms with van der Waals surface area (Å²) in [6, 6.07) is 19.3. The number of aryl methyl sites for hydroxylation is 1. The van der Waals surface area contributed by atoms with Crippen molar-refractivity contribution >= 4 is 29.1 Å². The molecule has 3 heterocycles. The fourth-order valence-corrected chi connectivity index (χ4v) is 5.26. The first-order valence-electron chi connectivity index (χ1n) is 12.4. The van der Waals surface area contributed by atoms with Crippen molar-refractivity contribution in [2.24, 2.45) is 9.98 Å². The van der Waals surface area contributed by atoms with E-state index in [-0.39, 0.29) is 12.1 Å². The van der Waals surface area contributed by atoms with Gasteiger partial charge in [0.2, 0.25) is 12.0 Å². The Kier molecular flexibility index (Phi) is 5.97. The lowest BCUT2D eigenvalue weighted by molar-refractivity contribution is -0.747. The van der Waals surface area contributed by atoms with Crippen molar-refractivity contribution in [1.29, 1.82) is 0 Å². The second-order valence-corrected chi connectivity index (χ2v) is 9.42. The summed E-state index contributed by atoms with van der Waals surface area (Å²) < 4.78 is 11.8. The Morgan fingerprint density at radius 3 is 2.72 bits per heavy atom. The van der Waals surface area contributed by atoms with Crippen molar-refractivity contribution in [3.8, 4) is 11.3 Å². The van der Waals surface area contributed by atoms with Gasteiger partial charge in [0.05, 0.1) is 54.8 Å². The van der Waals surface area contributed by atoms with Gasteiger partial charge in [0.15, 0.2) is 6.20 Å². The van der Waals surface area contributed by atoms with Crippen molar-refractivity contribution in [1.82, 2.24) is 4.98 Å². The van der Waals surface area contributed by atoms with E-state index in [0.717, 1.165) is 46.4 Å². The number of rotatable bonds is 8. The maximum atomic E-state index is 6.24. The Hall–Kier alpha value is -3.65. The third-order valence-corrected chi connectivity index (χ3v) is 7.25. The first kappa shape index (κ1) is 22.8. The number of allylic oxidation sites excluding steroid dienone is 1. The number of hydrogen-bond acceptors (Lipinski definition) is 6. The first-order valence-corrected chi connectivity index (χ1v) is 12.4. The highest BCUT2D eigenvalue weighted by molar-refractivity contribution is 5.88. The van der Waals surface area contributed by atoms with Crippen LogP contribution >= 0.6 is 0 Å². The first-order chi connectivity index (χ1) is 17.7. The molecular formula is C29H30N5O2+. The van der Waals surface area contributed by atoms with Crippen LogP contribution in [0.4, 0.5) is 5.69 Å². The molecule has 3 aromatic rings. The molecule has 6 rings (SSSR count). The van der Waals surface area contributed by atoms with E-state index < -0.39 is 0 Å². The van der Waals surface area contributed by atoms with E-state index in [9.17, 15) is 0 Å². The lowest BCUT2D eigenvalue weighted by atomic mass is 9.87. The Morgan fingerprint density at radius 1 is 1.03 bits per heavy atom. The van der Waals surface area contributed by atoms with Crippen molar-refractivity contribution in [3.05, 3.63) is 84.5 Å². The van der Waals surface area contributed by atoms with Gasteiger partial charge < -0.3 is 9.47 Å². The molecule has 1 saturated carbocycles. The SMILES string of the molecule is COCCOC1CCC1N(c1ccc2c(C)cc(-c3ccccc3)nc2c1)[N+]12C=CN=CC1=CN=C2. The number of aromatic nitrogens is 1. The van der Waals surface area contributed by atoms with Crippen LogP contribution in [-0.4, -0.2) is 54.6 Å². The molecule has 7 nitrogen and oxygen atoms in total. The Bertz CT molecular complexity index is 1400. The van der Waals surface area contributed by atoms with E-state index in [1.54, 1.807) is 7.11 Å². The highest BCUT2D eigenvalue weighted by Crippen LogP contribution is 2.41. The lowest BCUT2D eigenvalue weighted by Crippen LogP contribution is -2.65. The normalized spacial score (nSPS) is 24.0. The number of nitrogens with zero attached hydrogens (tertiary/aromatic N) is 5. The number of aliphatic imine (C=N–C) groups is 2. The van der Waals surface area contributed by atoms with E-state index in [1.165, 1.54) is 5.56 Å². The van der Waals surface area contributed by atoms with Gasteiger partial charge in [-0.05, 0) is 43.5 Å². The topological polar surface area (TPSA) is 59.3 Å². The number of fused-ring (bicyclic) bond motifs is 2. The molecule has 3 unspecified atom stereocenters. The minimum Gasteiger partial charge on any atom is -0.382 e. The van der Waals surface area contributed by atoms with Gasteiger partial charge in [-0.15, -0.1) is 4.59 Å². The van der Waals surface area contributed by atoms with E-state index >= 15 is 0 Å². The standard InChI is InChI=1S/C29H30N5O2/c1-21-16-26(22-6-4-3-5-7-22)32-27-17-23(8-9-25(21)27)33(28-10-11-29(28)36-15-14-35-2)34-13-12-30-18-24(34)19-31-20-34/h3-9,12-13,16-20,28-29H,10-11,14-15H2,1-2H3/q+1. The summed E-state index contributed by atoms with van der Waals surface area (Å²) in [5.74, 6) is 0. The molecule has 0 spiro atoms. The molecule has 36 heavy (non-hydrogen) atoms. The minimum absolute atomic E-state index is 0.108. The molecular weight excluding hydrogens is 450 g/mol. The Morgan fingerprint density at radius 2 is 1.92 bits per heavy atom. The van der Waals surface area contributed by atoms with Gasteiger partial charge in [0, 0.05) is 18.1 Å². The van der Waals surface area contributed by atoms with E-state index in [0.29, 0.717) is 17.8 Å². The zero-order valence-electron chi connectivity index (χ0n) is 20.6. The van der Waals surface area contributed by atoms with Crippen LogP contribution in [-0.2, 0) is 9.47 Å². The summed E-state index contributed by atoms with van der Waals surface area (Å²) in [6.45, 7) is 3.32.